The number of likely N-dealkylation sites (N-methyl/N-ethyl adjacent to an activating group) is 1. The summed E-state index contributed by atoms with van der Waals surface area (Å²) in [5.41, 5.74) is 6.50. The Labute approximate surface area is 179 Å². The maximum atomic E-state index is 13.6. The van der Waals surface area contributed by atoms with Crippen LogP contribution in [0.3, 0.4) is 0 Å². The molecule has 2 aromatic rings. The Bertz CT molecular complexity index is 965. The van der Waals surface area contributed by atoms with E-state index in [0.29, 0.717) is 30.5 Å². The second kappa shape index (κ2) is 9.68. The first-order valence-corrected chi connectivity index (χ1v) is 10.1. The Kier molecular flexibility index (Phi) is 6.99. The van der Waals surface area contributed by atoms with Gasteiger partial charge in [0.05, 0.1) is 12.3 Å². The van der Waals surface area contributed by atoms with E-state index in [1.165, 1.54) is 42.3 Å². The van der Waals surface area contributed by atoms with E-state index in [2.05, 4.69) is 0 Å². The minimum absolute atomic E-state index is 0.115. The van der Waals surface area contributed by atoms with Crippen LogP contribution in [0, 0.1) is 17.6 Å². The highest BCUT2D eigenvalue weighted by Gasteiger charge is 2.34. The maximum Gasteiger partial charge on any atom is 0.244 e. The van der Waals surface area contributed by atoms with Gasteiger partial charge in [0.25, 0.3) is 0 Å². The number of halogens is 2. The molecule has 0 aromatic heterocycles. The lowest BCUT2D eigenvalue weighted by Crippen LogP contribution is -2.48. The number of nitrogens with zero attached hydrogens (tertiary/aromatic N) is 2. The van der Waals surface area contributed by atoms with Crippen LogP contribution in [-0.4, -0.2) is 47.7 Å². The molecule has 0 radical (unpaired) electrons. The van der Waals surface area contributed by atoms with Crippen molar-refractivity contribution in [1.82, 2.24) is 9.80 Å². The summed E-state index contributed by atoms with van der Waals surface area (Å²) in [5, 5.41) is 0. The van der Waals surface area contributed by atoms with Crippen molar-refractivity contribution in [3.63, 3.8) is 0 Å². The van der Waals surface area contributed by atoms with E-state index < -0.39 is 23.7 Å². The topological polar surface area (TPSA) is 83.7 Å². The van der Waals surface area contributed by atoms with E-state index in [4.69, 9.17) is 5.73 Å². The maximum absolute atomic E-state index is 13.6. The van der Waals surface area contributed by atoms with Gasteiger partial charge in [-0.25, -0.2) is 8.78 Å². The third kappa shape index (κ3) is 5.45. The smallest absolute Gasteiger partial charge is 0.244 e. The lowest BCUT2D eigenvalue weighted by Gasteiger charge is -2.36. The average molecular weight is 429 g/mol. The quantitative estimate of drug-likeness (QED) is 0.766. The molecule has 0 spiro atoms. The number of carbonyl (C=O) groups is 3. The number of primary amides is 1. The van der Waals surface area contributed by atoms with Gasteiger partial charge in [-0.05, 0) is 48.2 Å². The van der Waals surface area contributed by atoms with Crippen molar-refractivity contribution in [3.05, 3.63) is 71.3 Å². The summed E-state index contributed by atoms with van der Waals surface area (Å²) in [4.78, 5) is 40.7. The molecule has 3 amide bonds. The molecule has 2 unspecified atom stereocenters. The van der Waals surface area contributed by atoms with Gasteiger partial charge >= 0.3 is 0 Å². The number of amides is 3. The summed E-state index contributed by atoms with van der Waals surface area (Å²) in [6, 6.07) is 10.0. The Hall–Kier alpha value is -3.29. The Morgan fingerprint density at radius 2 is 1.84 bits per heavy atom. The number of rotatable bonds is 6. The second-order valence-electron chi connectivity index (χ2n) is 7.79. The number of hydrogen-bond donors (Lipinski definition) is 1. The molecule has 1 aliphatic heterocycles. The summed E-state index contributed by atoms with van der Waals surface area (Å²) in [5.74, 6) is -2.63. The van der Waals surface area contributed by atoms with Crippen molar-refractivity contribution in [2.45, 2.75) is 25.3 Å². The van der Waals surface area contributed by atoms with Crippen molar-refractivity contribution < 1.29 is 23.2 Å². The van der Waals surface area contributed by atoms with Crippen LogP contribution >= 0.6 is 0 Å². The standard InChI is InChI=1S/C23H25F2N3O3/c1-27(21(22(26)30)16-4-2-6-19(25)13-16)23(31)17-5-3-11-28(14-17)20(29)12-15-7-9-18(24)10-8-15/h2,4,6-10,13,17,21H,3,5,11-12,14H2,1H3,(H2,26,30). The third-order valence-electron chi connectivity index (χ3n) is 5.56. The minimum Gasteiger partial charge on any atom is -0.368 e. The van der Waals surface area contributed by atoms with Gasteiger partial charge in [0.1, 0.15) is 17.7 Å². The molecule has 3 rings (SSSR count). The molecule has 0 saturated carbocycles. The first kappa shape index (κ1) is 22.4. The molecule has 1 fully saturated rings. The van der Waals surface area contributed by atoms with E-state index >= 15 is 0 Å². The first-order chi connectivity index (χ1) is 14.8. The summed E-state index contributed by atoms with van der Waals surface area (Å²) >= 11 is 0. The molecule has 2 N–H and O–H groups in total. The fourth-order valence-corrected chi connectivity index (χ4v) is 3.96. The number of hydrogen-bond acceptors (Lipinski definition) is 3. The predicted molar refractivity (Wildman–Crippen MR) is 111 cm³/mol. The minimum atomic E-state index is -1.10. The van der Waals surface area contributed by atoms with Gasteiger partial charge in [0.15, 0.2) is 0 Å². The van der Waals surface area contributed by atoms with Crippen molar-refractivity contribution >= 4 is 17.7 Å². The fraction of sp³-hybridized carbons (Fsp3) is 0.348. The van der Waals surface area contributed by atoms with Crippen molar-refractivity contribution in [1.29, 1.82) is 0 Å². The normalized spacial score (nSPS) is 17.1. The highest BCUT2D eigenvalue weighted by molar-refractivity contribution is 5.89. The van der Waals surface area contributed by atoms with Crippen LogP contribution in [0.2, 0.25) is 0 Å². The number of piperidine rings is 1. The van der Waals surface area contributed by atoms with E-state index in [-0.39, 0.29) is 30.6 Å². The van der Waals surface area contributed by atoms with Gasteiger partial charge in [0.2, 0.25) is 17.7 Å². The van der Waals surface area contributed by atoms with Crippen molar-refractivity contribution in [2.24, 2.45) is 11.7 Å². The summed E-state index contributed by atoms with van der Waals surface area (Å²) in [6.45, 7) is 0.745. The molecule has 6 nitrogen and oxygen atoms in total. The average Bonchev–Trinajstić information content (AvgIpc) is 2.74. The predicted octanol–water partition coefficient (Wildman–Crippen LogP) is 2.43. The molecule has 1 saturated heterocycles. The van der Waals surface area contributed by atoms with Gasteiger partial charge in [0, 0.05) is 20.1 Å². The lowest BCUT2D eigenvalue weighted by molar-refractivity contribution is -0.144. The monoisotopic (exact) mass is 429 g/mol. The number of carbonyl (C=O) groups excluding carboxylic acids is 3. The summed E-state index contributed by atoms with van der Waals surface area (Å²) < 4.78 is 26.7. The molecule has 0 bridgehead atoms. The molecule has 1 aliphatic rings. The second-order valence-corrected chi connectivity index (χ2v) is 7.79. The molecule has 1 heterocycles. The van der Waals surface area contributed by atoms with Gasteiger partial charge in [-0.15, -0.1) is 0 Å². The van der Waals surface area contributed by atoms with Crippen LogP contribution in [-0.2, 0) is 20.8 Å². The van der Waals surface area contributed by atoms with Gasteiger partial charge in [-0.2, -0.15) is 0 Å². The van der Waals surface area contributed by atoms with Crippen molar-refractivity contribution in [2.75, 3.05) is 20.1 Å². The van der Waals surface area contributed by atoms with Gasteiger partial charge in [-0.3, -0.25) is 14.4 Å². The molecule has 164 valence electrons. The lowest BCUT2D eigenvalue weighted by atomic mass is 9.94. The van der Waals surface area contributed by atoms with Crippen LogP contribution in [0.25, 0.3) is 0 Å². The highest BCUT2D eigenvalue weighted by Crippen LogP contribution is 2.25. The zero-order chi connectivity index (χ0) is 22.5. The van der Waals surface area contributed by atoms with Crippen LogP contribution in [0.4, 0.5) is 8.78 Å². The zero-order valence-electron chi connectivity index (χ0n) is 17.3. The number of nitrogens with two attached hydrogens (primary N) is 1. The van der Waals surface area contributed by atoms with Gasteiger partial charge in [-0.1, -0.05) is 24.3 Å². The van der Waals surface area contributed by atoms with E-state index in [1.54, 1.807) is 23.1 Å². The molecule has 31 heavy (non-hydrogen) atoms. The Balaban J connectivity index is 1.69. The zero-order valence-corrected chi connectivity index (χ0v) is 17.3. The summed E-state index contributed by atoms with van der Waals surface area (Å²) in [7, 11) is 1.46. The highest BCUT2D eigenvalue weighted by atomic mass is 19.1. The summed E-state index contributed by atoms with van der Waals surface area (Å²) in [6.07, 6.45) is 1.32. The van der Waals surface area contributed by atoms with E-state index in [1.807, 2.05) is 0 Å². The molecular formula is C23H25F2N3O3. The van der Waals surface area contributed by atoms with Crippen LogP contribution in [0.1, 0.15) is 30.0 Å². The molecular weight excluding hydrogens is 404 g/mol. The number of benzene rings is 2. The Morgan fingerprint density at radius 3 is 2.48 bits per heavy atom. The number of likely N-dealkylation sites (tertiary alicyclic amines) is 1. The molecule has 0 aliphatic carbocycles. The SMILES string of the molecule is CN(C(=O)C1CCCN(C(=O)Cc2ccc(F)cc2)C1)C(C(N)=O)c1cccc(F)c1. The Morgan fingerprint density at radius 1 is 1.13 bits per heavy atom. The molecule has 2 atom stereocenters. The van der Waals surface area contributed by atoms with Crippen LogP contribution in [0.5, 0.6) is 0 Å². The molecule has 8 heteroatoms. The van der Waals surface area contributed by atoms with Crippen LogP contribution < -0.4 is 5.73 Å². The van der Waals surface area contributed by atoms with Crippen LogP contribution in [0.15, 0.2) is 48.5 Å². The van der Waals surface area contributed by atoms with E-state index in [9.17, 15) is 23.2 Å². The first-order valence-electron chi connectivity index (χ1n) is 10.1. The fourth-order valence-electron chi connectivity index (χ4n) is 3.96. The van der Waals surface area contributed by atoms with Crippen molar-refractivity contribution in [3.8, 4) is 0 Å². The molecule has 2 aromatic carbocycles. The van der Waals surface area contributed by atoms with Gasteiger partial charge < -0.3 is 15.5 Å². The van der Waals surface area contributed by atoms with E-state index in [0.717, 1.165) is 0 Å². The largest absolute Gasteiger partial charge is 0.368 e. The third-order valence-corrected chi connectivity index (χ3v) is 5.56.